The van der Waals surface area contributed by atoms with Gasteiger partial charge in [-0.15, -0.1) is 0 Å². The van der Waals surface area contributed by atoms with Crippen molar-refractivity contribution < 1.29 is 18.0 Å². The van der Waals surface area contributed by atoms with Crippen LogP contribution in [-0.2, 0) is 11.0 Å². The number of carbonyl (C=O) groups is 1. The summed E-state index contributed by atoms with van der Waals surface area (Å²) in [5, 5.41) is 11.6. The first-order valence-corrected chi connectivity index (χ1v) is 8.32. The van der Waals surface area contributed by atoms with Crippen LogP contribution in [-0.4, -0.2) is 29.0 Å². The molecule has 2 aromatic rings. The van der Waals surface area contributed by atoms with Gasteiger partial charge in [-0.05, 0) is 37.1 Å². The van der Waals surface area contributed by atoms with Crippen molar-refractivity contribution in [3.05, 3.63) is 47.8 Å². The van der Waals surface area contributed by atoms with Gasteiger partial charge < -0.3 is 10.2 Å². The number of nitrogens with one attached hydrogen (secondary N) is 1. The number of amides is 1. The fraction of sp³-hybridized carbons (Fsp3) is 0.333. The van der Waals surface area contributed by atoms with E-state index in [1.165, 1.54) is 18.3 Å². The topological polar surface area (TPSA) is 81.9 Å². The fourth-order valence-corrected chi connectivity index (χ4v) is 2.91. The Morgan fingerprint density at radius 2 is 1.96 bits per heavy atom. The van der Waals surface area contributed by atoms with Crippen LogP contribution in [0.4, 0.5) is 24.8 Å². The van der Waals surface area contributed by atoms with Gasteiger partial charge in [-0.1, -0.05) is 0 Å². The van der Waals surface area contributed by atoms with Crippen LogP contribution < -0.4 is 10.2 Å². The van der Waals surface area contributed by atoms with Gasteiger partial charge in [0.25, 0.3) is 0 Å². The molecule has 1 fully saturated rings. The number of halogens is 3. The molecule has 9 heteroatoms. The van der Waals surface area contributed by atoms with Gasteiger partial charge >= 0.3 is 6.18 Å². The van der Waals surface area contributed by atoms with E-state index in [2.05, 4.69) is 15.3 Å². The zero-order valence-corrected chi connectivity index (χ0v) is 14.2. The van der Waals surface area contributed by atoms with Gasteiger partial charge in [0.15, 0.2) is 0 Å². The highest BCUT2D eigenvalue weighted by atomic mass is 19.4. The first kappa shape index (κ1) is 18.6. The highest BCUT2D eigenvalue weighted by Crippen LogP contribution is 2.30. The maximum atomic E-state index is 12.6. The van der Waals surface area contributed by atoms with E-state index < -0.39 is 11.7 Å². The first-order valence-electron chi connectivity index (χ1n) is 8.32. The second kappa shape index (κ2) is 7.61. The van der Waals surface area contributed by atoms with Gasteiger partial charge in [-0.25, -0.2) is 9.97 Å². The Labute approximate surface area is 153 Å². The largest absolute Gasteiger partial charge is 0.417 e. The predicted octanol–water partition coefficient (Wildman–Crippen LogP) is 3.22. The predicted molar refractivity (Wildman–Crippen MR) is 91.8 cm³/mol. The second-order valence-electron chi connectivity index (χ2n) is 6.19. The lowest BCUT2D eigenvalue weighted by Crippen LogP contribution is -2.38. The fourth-order valence-electron chi connectivity index (χ4n) is 2.91. The molecule has 3 rings (SSSR count). The highest BCUT2D eigenvalue weighted by Gasteiger charge is 2.31. The molecule has 0 aromatic carbocycles. The molecule has 0 saturated carbocycles. The van der Waals surface area contributed by atoms with Crippen LogP contribution in [0.2, 0.25) is 0 Å². The number of rotatable bonds is 3. The summed E-state index contributed by atoms with van der Waals surface area (Å²) < 4.78 is 37.8. The molecule has 6 nitrogen and oxygen atoms in total. The molecule has 0 unspecified atom stereocenters. The number of nitrogens with zero attached hydrogens (tertiary/aromatic N) is 4. The lowest BCUT2D eigenvalue weighted by molar-refractivity contribution is -0.137. The summed E-state index contributed by atoms with van der Waals surface area (Å²) in [5.74, 6) is 0.372. The van der Waals surface area contributed by atoms with Crippen molar-refractivity contribution in [2.24, 2.45) is 5.92 Å². The normalized spacial score (nSPS) is 15.3. The van der Waals surface area contributed by atoms with Gasteiger partial charge in [-0.2, -0.15) is 18.4 Å². The SMILES string of the molecule is N#Cc1ccnc(NC(=O)C2CCN(c3ccc(C(F)(F)F)cn3)CC2)c1. The molecule has 3 heterocycles. The number of aromatic nitrogens is 2. The van der Waals surface area contributed by atoms with E-state index in [-0.39, 0.29) is 11.8 Å². The highest BCUT2D eigenvalue weighted by molar-refractivity contribution is 5.92. The molecule has 1 aliphatic heterocycles. The molecule has 27 heavy (non-hydrogen) atoms. The maximum Gasteiger partial charge on any atom is 0.417 e. The Morgan fingerprint density at radius 3 is 2.56 bits per heavy atom. The third kappa shape index (κ3) is 4.53. The monoisotopic (exact) mass is 375 g/mol. The standard InChI is InChI=1S/C18H16F3N5O/c19-18(20,21)14-1-2-16(24-11-14)26-7-4-13(5-8-26)17(27)25-15-9-12(10-22)3-6-23-15/h1-3,6,9,11,13H,4-5,7-8H2,(H,23,25,27). The van der Waals surface area contributed by atoms with Crippen molar-refractivity contribution in [3.63, 3.8) is 0 Å². The zero-order valence-electron chi connectivity index (χ0n) is 14.2. The molecule has 1 saturated heterocycles. The third-order valence-corrected chi connectivity index (χ3v) is 4.41. The van der Waals surface area contributed by atoms with Crippen LogP contribution in [0.5, 0.6) is 0 Å². The summed E-state index contributed by atoms with van der Waals surface area (Å²) in [6.45, 7) is 1.03. The Hall–Kier alpha value is -3.15. The third-order valence-electron chi connectivity index (χ3n) is 4.41. The summed E-state index contributed by atoms with van der Waals surface area (Å²) in [7, 11) is 0. The lowest BCUT2D eigenvalue weighted by Gasteiger charge is -2.32. The summed E-state index contributed by atoms with van der Waals surface area (Å²) in [6, 6.07) is 7.38. The van der Waals surface area contributed by atoms with E-state index in [1.54, 1.807) is 6.07 Å². The van der Waals surface area contributed by atoms with E-state index in [0.717, 1.165) is 12.3 Å². The Morgan fingerprint density at radius 1 is 1.22 bits per heavy atom. The first-order chi connectivity index (χ1) is 12.9. The number of anilines is 2. The minimum absolute atomic E-state index is 0.183. The van der Waals surface area contributed by atoms with Crippen LogP contribution in [0.1, 0.15) is 24.0 Å². The van der Waals surface area contributed by atoms with E-state index in [1.807, 2.05) is 11.0 Å². The van der Waals surface area contributed by atoms with Gasteiger partial charge in [-0.3, -0.25) is 4.79 Å². The molecular formula is C18H16F3N5O. The lowest BCUT2D eigenvalue weighted by atomic mass is 9.96. The van der Waals surface area contributed by atoms with Crippen molar-refractivity contribution >= 4 is 17.5 Å². The average Bonchev–Trinajstić information content (AvgIpc) is 2.67. The minimum Gasteiger partial charge on any atom is -0.357 e. The van der Waals surface area contributed by atoms with Crippen molar-refractivity contribution in [2.45, 2.75) is 19.0 Å². The molecule has 0 bridgehead atoms. The second-order valence-corrected chi connectivity index (χ2v) is 6.19. The molecule has 1 amide bonds. The summed E-state index contributed by atoms with van der Waals surface area (Å²) in [4.78, 5) is 22.1. The molecular weight excluding hydrogens is 359 g/mol. The molecule has 140 valence electrons. The minimum atomic E-state index is -4.41. The zero-order chi connectivity index (χ0) is 19.4. The molecule has 1 aliphatic rings. The van der Waals surface area contributed by atoms with Crippen molar-refractivity contribution in [2.75, 3.05) is 23.3 Å². The number of alkyl halides is 3. The van der Waals surface area contributed by atoms with Gasteiger partial charge in [0.1, 0.15) is 11.6 Å². The number of pyridine rings is 2. The number of piperidine rings is 1. The van der Waals surface area contributed by atoms with Crippen LogP contribution in [0, 0.1) is 17.2 Å². The Kier molecular flexibility index (Phi) is 5.26. The summed E-state index contributed by atoms with van der Waals surface area (Å²) in [6.07, 6.45) is -1.04. The molecule has 1 N–H and O–H groups in total. The average molecular weight is 375 g/mol. The van der Waals surface area contributed by atoms with Crippen molar-refractivity contribution in [3.8, 4) is 6.07 Å². The van der Waals surface area contributed by atoms with E-state index in [0.29, 0.717) is 43.1 Å². The van der Waals surface area contributed by atoms with Crippen LogP contribution >= 0.6 is 0 Å². The number of carbonyl (C=O) groups excluding carboxylic acids is 1. The van der Waals surface area contributed by atoms with E-state index >= 15 is 0 Å². The number of hydrogen-bond acceptors (Lipinski definition) is 5. The van der Waals surface area contributed by atoms with Gasteiger partial charge in [0, 0.05) is 31.4 Å². The summed E-state index contributed by atoms with van der Waals surface area (Å²) >= 11 is 0. The van der Waals surface area contributed by atoms with Crippen LogP contribution in [0.15, 0.2) is 36.7 Å². The molecule has 2 aromatic heterocycles. The van der Waals surface area contributed by atoms with E-state index in [4.69, 9.17) is 5.26 Å². The maximum absolute atomic E-state index is 12.6. The Bertz CT molecular complexity index is 853. The van der Waals surface area contributed by atoms with Gasteiger partial charge in [0.2, 0.25) is 5.91 Å². The summed E-state index contributed by atoms with van der Waals surface area (Å²) in [5.41, 5.74) is -0.379. The van der Waals surface area contributed by atoms with Crippen molar-refractivity contribution in [1.29, 1.82) is 5.26 Å². The van der Waals surface area contributed by atoms with Crippen molar-refractivity contribution in [1.82, 2.24) is 9.97 Å². The Balaban J connectivity index is 1.56. The van der Waals surface area contributed by atoms with Gasteiger partial charge in [0.05, 0.1) is 17.2 Å². The molecule has 0 aliphatic carbocycles. The van der Waals surface area contributed by atoms with Crippen LogP contribution in [0.25, 0.3) is 0 Å². The van der Waals surface area contributed by atoms with Crippen LogP contribution in [0.3, 0.4) is 0 Å². The molecule has 0 atom stereocenters. The van der Waals surface area contributed by atoms with E-state index in [9.17, 15) is 18.0 Å². The number of nitriles is 1. The molecule has 0 radical (unpaired) electrons. The smallest absolute Gasteiger partial charge is 0.357 e. The quantitative estimate of drug-likeness (QED) is 0.891. The number of hydrogen-bond donors (Lipinski definition) is 1. The molecule has 0 spiro atoms.